The number of ether oxygens (including phenoxy) is 2. The minimum atomic E-state index is -0.394. The van der Waals surface area contributed by atoms with Crippen molar-refractivity contribution in [2.24, 2.45) is 5.10 Å². The van der Waals surface area contributed by atoms with Crippen molar-refractivity contribution in [3.8, 4) is 11.6 Å². The molecule has 0 bridgehead atoms. The van der Waals surface area contributed by atoms with Gasteiger partial charge in [-0.15, -0.1) is 0 Å². The van der Waals surface area contributed by atoms with E-state index in [2.05, 4.69) is 25.8 Å². The van der Waals surface area contributed by atoms with Crippen LogP contribution < -0.4 is 20.2 Å². The predicted molar refractivity (Wildman–Crippen MR) is 115 cm³/mol. The molecule has 1 amide bonds. The third kappa shape index (κ3) is 6.59. The fraction of sp³-hybridized carbons (Fsp3) is 0.182. The smallest absolute Gasteiger partial charge is 0.278 e. The Kier molecular flexibility index (Phi) is 7.32. The Bertz CT molecular complexity index is 991. The molecule has 0 saturated carbocycles. The first-order chi connectivity index (χ1) is 14.6. The SMILES string of the molecule is COc1ccc(C=NNC(=O)COc2cc(C)nc(NCc3ccccc3)n2)cc1. The molecule has 0 fully saturated rings. The zero-order chi connectivity index (χ0) is 21.2. The molecule has 0 aliphatic heterocycles. The van der Waals surface area contributed by atoms with Crippen molar-refractivity contribution in [3.63, 3.8) is 0 Å². The highest BCUT2D eigenvalue weighted by molar-refractivity contribution is 5.83. The van der Waals surface area contributed by atoms with Crippen molar-refractivity contribution in [2.45, 2.75) is 13.5 Å². The lowest BCUT2D eigenvalue weighted by Crippen LogP contribution is -2.25. The standard InChI is InChI=1S/C22H23N5O3/c1-16-12-21(26-22(25-16)23-13-17-6-4-3-5-7-17)30-15-20(28)27-24-14-18-8-10-19(29-2)11-9-18/h3-12,14H,13,15H2,1-2H3,(H,27,28)(H,23,25,26). The number of rotatable bonds is 9. The van der Waals surface area contributed by atoms with Crippen LogP contribution in [0.4, 0.5) is 5.95 Å². The van der Waals surface area contributed by atoms with E-state index in [4.69, 9.17) is 9.47 Å². The Morgan fingerprint density at radius 2 is 1.87 bits per heavy atom. The predicted octanol–water partition coefficient (Wildman–Crippen LogP) is 2.93. The minimum absolute atomic E-state index is 0.214. The van der Waals surface area contributed by atoms with E-state index < -0.39 is 5.91 Å². The summed E-state index contributed by atoms with van der Waals surface area (Å²) < 4.78 is 10.6. The molecular formula is C22H23N5O3. The van der Waals surface area contributed by atoms with Crippen LogP contribution in [0.2, 0.25) is 0 Å². The molecule has 0 saturated heterocycles. The van der Waals surface area contributed by atoms with Crippen LogP contribution in [-0.4, -0.2) is 35.8 Å². The number of carbonyl (C=O) groups excluding carboxylic acids is 1. The summed E-state index contributed by atoms with van der Waals surface area (Å²) in [5.41, 5.74) is 5.09. The summed E-state index contributed by atoms with van der Waals surface area (Å²) in [6.45, 7) is 2.21. The number of hydrazone groups is 1. The Labute approximate surface area is 175 Å². The van der Waals surface area contributed by atoms with Gasteiger partial charge in [-0.1, -0.05) is 30.3 Å². The highest BCUT2D eigenvalue weighted by Crippen LogP contribution is 2.13. The van der Waals surface area contributed by atoms with E-state index in [9.17, 15) is 4.79 Å². The van der Waals surface area contributed by atoms with Crippen LogP contribution in [0.25, 0.3) is 0 Å². The summed E-state index contributed by atoms with van der Waals surface area (Å²) in [4.78, 5) is 20.6. The Morgan fingerprint density at radius 1 is 1.10 bits per heavy atom. The molecule has 1 aromatic heterocycles. The van der Waals surface area contributed by atoms with Crippen LogP contribution in [0.5, 0.6) is 11.6 Å². The number of amides is 1. The monoisotopic (exact) mass is 405 g/mol. The van der Waals surface area contributed by atoms with E-state index in [1.807, 2.05) is 61.5 Å². The van der Waals surface area contributed by atoms with Gasteiger partial charge >= 0.3 is 0 Å². The average molecular weight is 405 g/mol. The quantitative estimate of drug-likeness (QED) is 0.420. The number of methoxy groups -OCH3 is 1. The van der Waals surface area contributed by atoms with Crippen LogP contribution in [0.15, 0.2) is 65.8 Å². The average Bonchev–Trinajstić information content (AvgIpc) is 2.77. The fourth-order valence-corrected chi connectivity index (χ4v) is 2.51. The third-order valence-corrected chi connectivity index (χ3v) is 3.99. The third-order valence-electron chi connectivity index (χ3n) is 3.99. The van der Waals surface area contributed by atoms with E-state index in [1.54, 1.807) is 13.2 Å². The zero-order valence-electron chi connectivity index (χ0n) is 16.8. The van der Waals surface area contributed by atoms with Gasteiger partial charge < -0.3 is 14.8 Å². The topological polar surface area (TPSA) is 97.7 Å². The Morgan fingerprint density at radius 3 is 2.60 bits per heavy atom. The number of aromatic nitrogens is 2. The van der Waals surface area contributed by atoms with Gasteiger partial charge in [0.1, 0.15) is 5.75 Å². The molecule has 3 aromatic rings. The molecular weight excluding hydrogens is 382 g/mol. The molecule has 2 N–H and O–H groups in total. The maximum absolute atomic E-state index is 12.0. The number of hydrogen-bond acceptors (Lipinski definition) is 7. The van der Waals surface area contributed by atoms with Gasteiger partial charge in [0.2, 0.25) is 11.8 Å². The first-order valence-corrected chi connectivity index (χ1v) is 9.34. The molecule has 8 nitrogen and oxygen atoms in total. The number of benzene rings is 2. The maximum Gasteiger partial charge on any atom is 0.278 e. The molecule has 30 heavy (non-hydrogen) atoms. The molecule has 8 heteroatoms. The van der Waals surface area contributed by atoms with E-state index in [0.29, 0.717) is 18.4 Å². The van der Waals surface area contributed by atoms with Crippen molar-refractivity contribution in [1.29, 1.82) is 0 Å². The number of aryl methyl sites for hydroxylation is 1. The van der Waals surface area contributed by atoms with Crippen LogP contribution in [-0.2, 0) is 11.3 Å². The molecule has 3 rings (SSSR count). The molecule has 0 aliphatic rings. The summed E-state index contributed by atoms with van der Waals surface area (Å²) in [7, 11) is 1.60. The van der Waals surface area contributed by atoms with Gasteiger partial charge in [-0.25, -0.2) is 10.4 Å². The van der Waals surface area contributed by atoms with E-state index in [1.165, 1.54) is 6.21 Å². The summed E-state index contributed by atoms with van der Waals surface area (Å²) in [6, 6.07) is 18.9. The molecule has 0 spiro atoms. The highest BCUT2D eigenvalue weighted by Gasteiger charge is 2.06. The lowest BCUT2D eigenvalue weighted by molar-refractivity contribution is -0.123. The molecule has 0 radical (unpaired) electrons. The van der Waals surface area contributed by atoms with Crippen molar-refractivity contribution < 1.29 is 14.3 Å². The van der Waals surface area contributed by atoms with E-state index in [0.717, 1.165) is 22.6 Å². The minimum Gasteiger partial charge on any atom is -0.497 e. The van der Waals surface area contributed by atoms with Gasteiger partial charge in [0.05, 0.1) is 13.3 Å². The van der Waals surface area contributed by atoms with Crippen LogP contribution >= 0.6 is 0 Å². The van der Waals surface area contributed by atoms with Crippen molar-refractivity contribution in [2.75, 3.05) is 19.0 Å². The Hall–Kier alpha value is -3.94. The summed E-state index contributed by atoms with van der Waals surface area (Å²) in [5.74, 6) is 1.11. The molecule has 0 atom stereocenters. The number of anilines is 1. The largest absolute Gasteiger partial charge is 0.497 e. The summed E-state index contributed by atoms with van der Waals surface area (Å²) in [6.07, 6.45) is 1.54. The van der Waals surface area contributed by atoms with Crippen molar-refractivity contribution >= 4 is 18.1 Å². The van der Waals surface area contributed by atoms with Gasteiger partial charge in [0.15, 0.2) is 6.61 Å². The van der Waals surface area contributed by atoms with Crippen LogP contribution in [0.1, 0.15) is 16.8 Å². The maximum atomic E-state index is 12.0. The van der Waals surface area contributed by atoms with E-state index in [-0.39, 0.29) is 6.61 Å². The summed E-state index contributed by atoms with van der Waals surface area (Å²) >= 11 is 0. The number of nitrogens with one attached hydrogen (secondary N) is 2. The number of hydrogen-bond donors (Lipinski definition) is 2. The second-order valence-corrected chi connectivity index (χ2v) is 6.37. The van der Waals surface area contributed by atoms with Gasteiger partial charge in [0.25, 0.3) is 5.91 Å². The van der Waals surface area contributed by atoms with Gasteiger partial charge in [-0.05, 0) is 42.3 Å². The second-order valence-electron chi connectivity index (χ2n) is 6.37. The van der Waals surface area contributed by atoms with E-state index >= 15 is 0 Å². The normalized spacial score (nSPS) is 10.6. The lowest BCUT2D eigenvalue weighted by Gasteiger charge is -2.09. The molecule has 2 aromatic carbocycles. The van der Waals surface area contributed by atoms with Crippen molar-refractivity contribution in [3.05, 3.63) is 77.5 Å². The molecule has 154 valence electrons. The zero-order valence-corrected chi connectivity index (χ0v) is 16.8. The van der Waals surface area contributed by atoms with Crippen LogP contribution in [0.3, 0.4) is 0 Å². The van der Waals surface area contributed by atoms with Crippen molar-refractivity contribution in [1.82, 2.24) is 15.4 Å². The first kappa shape index (κ1) is 20.8. The molecule has 0 unspecified atom stereocenters. The van der Waals surface area contributed by atoms with Crippen LogP contribution in [0, 0.1) is 6.92 Å². The van der Waals surface area contributed by atoms with Gasteiger partial charge in [0, 0.05) is 18.3 Å². The molecule has 0 aliphatic carbocycles. The second kappa shape index (κ2) is 10.6. The highest BCUT2D eigenvalue weighted by atomic mass is 16.5. The van der Waals surface area contributed by atoms with Gasteiger partial charge in [-0.3, -0.25) is 4.79 Å². The fourth-order valence-electron chi connectivity index (χ4n) is 2.51. The molecule has 1 heterocycles. The first-order valence-electron chi connectivity index (χ1n) is 9.34. The number of carbonyl (C=O) groups is 1. The Balaban J connectivity index is 1.48. The number of nitrogens with zero attached hydrogens (tertiary/aromatic N) is 3. The lowest BCUT2D eigenvalue weighted by atomic mass is 10.2. The summed E-state index contributed by atoms with van der Waals surface area (Å²) in [5, 5.41) is 7.07. The van der Waals surface area contributed by atoms with Gasteiger partial charge in [-0.2, -0.15) is 10.1 Å².